The molecule has 0 spiro atoms. The molecule has 84 valence electrons. The van der Waals surface area contributed by atoms with Crippen molar-refractivity contribution in [1.29, 1.82) is 0 Å². The highest BCUT2D eigenvalue weighted by molar-refractivity contribution is 5.47. The summed E-state index contributed by atoms with van der Waals surface area (Å²) in [7, 11) is 0. The second-order valence-electron chi connectivity index (χ2n) is 3.07. The van der Waals surface area contributed by atoms with Gasteiger partial charge in [-0.25, -0.2) is 9.37 Å². The fourth-order valence-corrected chi connectivity index (χ4v) is 1.08. The molecular weight excluding hydrogens is 215 g/mol. The fraction of sp³-hybridized carbons (Fsp3) is 0.222. The molecule has 0 saturated carbocycles. The number of halogens is 1. The van der Waals surface area contributed by atoms with E-state index in [1.165, 1.54) is 12.1 Å². The fourth-order valence-electron chi connectivity index (χ4n) is 1.08. The second-order valence-corrected chi connectivity index (χ2v) is 3.07. The highest BCUT2D eigenvalue weighted by Gasteiger charge is 2.15. The van der Waals surface area contributed by atoms with Gasteiger partial charge in [0.2, 0.25) is 5.82 Å². The molecule has 6 nitrogen and oxygen atoms in total. The Balaban J connectivity index is 2.28. The summed E-state index contributed by atoms with van der Waals surface area (Å²) < 4.78 is 17.4. The van der Waals surface area contributed by atoms with Crippen LogP contribution >= 0.6 is 0 Å². The minimum atomic E-state index is -0.998. The predicted molar refractivity (Wildman–Crippen MR) is 51.5 cm³/mol. The predicted octanol–water partition coefficient (Wildman–Crippen LogP) is 0.263. The van der Waals surface area contributed by atoms with Crippen molar-refractivity contribution in [1.82, 2.24) is 15.1 Å². The van der Waals surface area contributed by atoms with Crippen LogP contribution in [0, 0.1) is 5.82 Å². The Morgan fingerprint density at radius 3 is 2.94 bits per heavy atom. The van der Waals surface area contributed by atoms with Gasteiger partial charge in [-0.05, 0) is 12.1 Å². The zero-order valence-electron chi connectivity index (χ0n) is 8.17. The molecule has 0 aliphatic carbocycles. The smallest absolute Gasteiger partial charge is 0.257 e. The normalized spacial score (nSPS) is 12.7. The molecule has 0 saturated heterocycles. The Bertz CT molecular complexity index is 471. The SMILES string of the molecule is NCC(O)c1nc(-c2ccc(F)cn2)no1. The largest absolute Gasteiger partial charge is 0.382 e. The average Bonchev–Trinajstić information content (AvgIpc) is 2.78. The van der Waals surface area contributed by atoms with Crippen molar-refractivity contribution >= 4 is 0 Å². The second kappa shape index (κ2) is 4.33. The van der Waals surface area contributed by atoms with Crippen LogP contribution in [0.25, 0.3) is 11.5 Å². The van der Waals surface area contributed by atoms with E-state index in [1.807, 2.05) is 0 Å². The molecule has 0 aliphatic rings. The van der Waals surface area contributed by atoms with Crippen LogP contribution in [0.4, 0.5) is 4.39 Å². The van der Waals surface area contributed by atoms with Gasteiger partial charge >= 0.3 is 0 Å². The van der Waals surface area contributed by atoms with Crippen LogP contribution in [-0.4, -0.2) is 26.8 Å². The van der Waals surface area contributed by atoms with Crippen molar-refractivity contribution in [3.05, 3.63) is 30.0 Å². The number of rotatable bonds is 3. The maximum atomic E-state index is 12.6. The lowest BCUT2D eigenvalue weighted by atomic mass is 10.3. The Morgan fingerprint density at radius 2 is 2.31 bits per heavy atom. The van der Waals surface area contributed by atoms with Gasteiger partial charge in [0.1, 0.15) is 17.6 Å². The minimum absolute atomic E-state index is 0.0154. The lowest BCUT2D eigenvalue weighted by Crippen LogP contribution is -2.11. The summed E-state index contributed by atoms with van der Waals surface area (Å²) in [6, 6.07) is 2.65. The van der Waals surface area contributed by atoms with Gasteiger partial charge in [-0.2, -0.15) is 4.98 Å². The zero-order chi connectivity index (χ0) is 11.5. The molecule has 2 heterocycles. The number of pyridine rings is 1. The van der Waals surface area contributed by atoms with Gasteiger partial charge in [-0.1, -0.05) is 5.16 Å². The van der Waals surface area contributed by atoms with Crippen molar-refractivity contribution in [2.24, 2.45) is 5.73 Å². The molecular formula is C9H9FN4O2. The summed E-state index contributed by atoms with van der Waals surface area (Å²) in [4.78, 5) is 7.66. The summed E-state index contributed by atoms with van der Waals surface area (Å²) in [5.41, 5.74) is 5.59. The first-order chi connectivity index (χ1) is 7.70. The number of aliphatic hydroxyl groups excluding tert-OH is 1. The van der Waals surface area contributed by atoms with Crippen LogP contribution in [0.5, 0.6) is 0 Å². The quantitative estimate of drug-likeness (QED) is 0.776. The standard InChI is InChI=1S/C9H9FN4O2/c10-5-1-2-6(12-4-5)8-13-9(16-14-8)7(15)3-11/h1-2,4,7,15H,3,11H2. The lowest BCUT2D eigenvalue weighted by molar-refractivity contribution is 0.141. The van der Waals surface area contributed by atoms with E-state index in [9.17, 15) is 9.50 Å². The van der Waals surface area contributed by atoms with E-state index in [-0.39, 0.29) is 18.3 Å². The van der Waals surface area contributed by atoms with Crippen LogP contribution in [0.2, 0.25) is 0 Å². The summed E-state index contributed by atoms with van der Waals surface area (Å²) in [5.74, 6) is -0.249. The van der Waals surface area contributed by atoms with Crippen molar-refractivity contribution in [3.8, 4) is 11.5 Å². The number of aliphatic hydroxyl groups is 1. The van der Waals surface area contributed by atoms with Crippen LogP contribution in [0.1, 0.15) is 12.0 Å². The summed E-state index contributed by atoms with van der Waals surface area (Å²) in [6.45, 7) is -0.0154. The number of aromatic nitrogens is 3. The molecule has 2 aromatic rings. The number of hydrogen-bond donors (Lipinski definition) is 2. The van der Waals surface area contributed by atoms with Gasteiger partial charge in [-0.15, -0.1) is 0 Å². The zero-order valence-corrected chi connectivity index (χ0v) is 8.17. The molecule has 0 amide bonds. The van der Waals surface area contributed by atoms with Gasteiger partial charge < -0.3 is 15.4 Å². The minimum Gasteiger partial charge on any atom is -0.382 e. The molecule has 16 heavy (non-hydrogen) atoms. The van der Waals surface area contributed by atoms with Crippen LogP contribution in [0.15, 0.2) is 22.9 Å². The van der Waals surface area contributed by atoms with Gasteiger partial charge in [0.25, 0.3) is 5.89 Å². The summed E-state index contributed by atoms with van der Waals surface area (Å²) in [6.07, 6.45) is 0.0479. The molecule has 0 aliphatic heterocycles. The van der Waals surface area contributed by atoms with Crippen molar-refractivity contribution in [2.45, 2.75) is 6.10 Å². The molecule has 0 aromatic carbocycles. The molecule has 1 unspecified atom stereocenters. The highest BCUT2D eigenvalue weighted by atomic mass is 19.1. The Kier molecular flexibility index (Phi) is 2.88. The summed E-state index contributed by atoms with van der Waals surface area (Å²) >= 11 is 0. The van der Waals surface area contributed by atoms with Gasteiger partial charge in [-0.3, -0.25) is 0 Å². The molecule has 2 aromatic heterocycles. The first kappa shape index (κ1) is 10.7. The van der Waals surface area contributed by atoms with E-state index < -0.39 is 11.9 Å². The Labute approximate surface area is 89.9 Å². The Morgan fingerprint density at radius 1 is 1.50 bits per heavy atom. The number of nitrogens with zero attached hydrogens (tertiary/aromatic N) is 3. The third-order valence-corrected chi connectivity index (χ3v) is 1.91. The first-order valence-electron chi connectivity index (χ1n) is 4.54. The van der Waals surface area contributed by atoms with E-state index >= 15 is 0 Å². The van der Waals surface area contributed by atoms with Crippen molar-refractivity contribution in [3.63, 3.8) is 0 Å². The molecule has 7 heteroatoms. The average molecular weight is 224 g/mol. The number of nitrogens with two attached hydrogens (primary N) is 1. The maximum absolute atomic E-state index is 12.6. The lowest BCUT2D eigenvalue weighted by Gasteiger charge is -1.97. The van der Waals surface area contributed by atoms with Crippen LogP contribution in [-0.2, 0) is 0 Å². The van der Waals surface area contributed by atoms with Gasteiger partial charge in [0.05, 0.1) is 6.20 Å². The maximum Gasteiger partial charge on any atom is 0.257 e. The molecule has 0 bridgehead atoms. The van der Waals surface area contributed by atoms with Gasteiger partial charge in [0, 0.05) is 6.54 Å². The molecule has 2 rings (SSSR count). The van der Waals surface area contributed by atoms with E-state index in [1.54, 1.807) is 0 Å². The van der Waals surface area contributed by atoms with Crippen LogP contribution < -0.4 is 5.73 Å². The van der Waals surface area contributed by atoms with Crippen LogP contribution in [0.3, 0.4) is 0 Å². The van der Waals surface area contributed by atoms with E-state index in [2.05, 4.69) is 15.1 Å². The van der Waals surface area contributed by atoms with E-state index in [4.69, 9.17) is 10.3 Å². The Hall–Kier alpha value is -1.86. The molecule has 0 fully saturated rings. The molecule has 3 N–H and O–H groups in total. The van der Waals surface area contributed by atoms with E-state index in [0.29, 0.717) is 5.69 Å². The third kappa shape index (κ3) is 2.05. The van der Waals surface area contributed by atoms with E-state index in [0.717, 1.165) is 6.20 Å². The third-order valence-electron chi connectivity index (χ3n) is 1.91. The topological polar surface area (TPSA) is 98.1 Å². The number of hydrogen-bond acceptors (Lipinski definition) is 6. The molecule has 1 atom stereocenters. The molecule has 0 radical (unpaired) electrons. The van der Waals surface area contributed by atoms with Crippen molar-refractivity contribution < 1.29 is 14.0 Å². The summed E-state index contributed by atoms with van der Waals surface area (Å²) in [5, 5.41) is 12.9. The van der Waals surface area contributed by atoms with Crippen molar-refractivity contribution in [2.75, 3.05) is 6.54 Å². The highest BCUT2D eigenvalue weighted by Crippen LogP contribution is 2.16. The first-order valence-corrected chi connectivity index (χ1v) is 4.54. The monoisotopic (exact) mass is 224 g/mol. The van der Waals surface area contributed by atoms with Gasteiger partial charge in [0.15, 0.2) is 0 Å².